The largest absolute Gasteiger partial charge is 0.378 e. The van der Waals surface area contributed by atoms with E-state index in [0.717, 1.165) is 18.6 Å². The maximum absolute atomic E-state index is 5.73. The Morgan fingerprint density at radius 2 is 1.95 bits per heavy atom. The first-order valence-electron chi connectivity index (χ1n) is 8.73. The summed E-state index contributed by atoms with van der Waals surface area (Å²) in [7, 11) is 0. The van der Waals surface area contributed by atoms with Crippen molar-refractivity contribution in [3.05, 3.63) is 0 Å². The zero-order valence-corrected chi connectivity index (χ0v) is 12.8. The third-order valence-corrected chi connectivity index (χ3v) is 4.88. The zero-order chi connectivity index (χ0) is 13.3. The predicted molar refractivity (Wildman–Crippen MR) is 81.5 cm³/mol. The summed E-state index contributed by atoms with van der Waals surface area (Å²) in [5.41, 5.74) is 0. The second-order valence-corrected chi connectivity index (χ2v) is 6.60. The van der Waals surface area contributed by atoms with Crippen molar-refractivity contribution >= 4 is 0 Å². The van der Waals surface area contributed by atoms with E-state index in [0.29, 0.717) is 6.10 Å². The minimum absolute atomic E-state index is 0.597. The summed E-state index contributed by atoms with van der Waals surface area (Å²) >= 11 is 0. The number of nitrogens with one attached hydrogen (secondary N) is 1. The van der Waals surface area contributed by atoms with Gasteiger partial charge in [-0.05, 0) is 51.0 Å². The van der Waals surface area contributed by atoms with E-state index in [-0.39, 0.29) is 0 Å². The molecule has 1 aliphatic heterocycles. The molecular formula is C17H33NO. The van der Waals surface area contributed by atoms with Gasteiger partial charge in [-0.15, -0.1) is 0 Å². The summed E-state index contributed by atoms with van der Waals surface area (Å²) in [5.74, 6) is 0.971. The van der Waals surface area contributed by atoms with Gasteiger partial charge in [-0.25, -0.2) is 0 Å². The minimum Gasteiger partial charge on any atom is -0.378 e. The van der Waals surface area contributed by atoms with Crippen molar-refractivity contribution in [3.63, 3.8) is 0 Å². The normalized spacial score (nSPS) is 32.4. The number of ether oxygens (including phenoxy) is 1. The third-order valence-electron chi connectivity index (χ3n) is 4.88. The van der Waals surface area contributed by atoms with Crippen LogP contribution in [-0.2, 0) is 4.74 Å². The molecule has 2 heteroatoms. The zero-order valence-electron chi connectivity index (χ0n) is 12.8. The van der Waals surface area contributed by atoms with E-state index in [2.05, 4.69) is 12.2 Å². The monoisotopic (exact) mass is 267 g/mol. The highest BCUT2D eigenvalue weighted by atomic mass is 16.5. The van der Waals surface area contributed by atoms with Crippen LogP contribution in [0, 0.1) is 5.92 Å². The van der Waals surface area contributed by atoms with Crippen LogP contribution in [0.5, 0.6) is 0 Å². The lowest BCUT2D eigenvalue weighted by Crippen LogP contribution is -2.30. The molecule has 2 aliphatic rings. The predicted octanol–water partition coefficient (Wildman–Crippen LogP) is 4.28. The molecule has 1 N–H and O–H groups in total. The van der Waals surface area contributed by atoms with E-state index < -0.39 is 0 Å². The summed E-state index contributed by atoms with van der Waals surface area (Å²) in [6, 6.07) is 0.801. The quantitative estimate of drug-likeness (QED) is 0.695. The summed E-state index contributed by atoms with van der Waals surface area (Å²) in [5, 5.41) is 3.75. The van der Waals surface area contributed by atoms with Gasteiger partial charge in [0.05, 0.1) is 6.10 Å². The van der Waals surface area contributed by atoms with Gasteiger partial charge in [0, 0.05) is 12.6 Å². The van der Waals surface area contributed by atoms with E-state index >= 15 is 0 Å². The van der Waals surface area contributed by atoms with Gasteiger partial charge < -0.3 is 10.1 Å². The first-order valence-corrected chi connectivity index (χ1v) is 8.73. The van der Waals surface area contributed by atoms with Gasteiger partial charge in [-0.3, -0.25) is 0 Å². The van der Waals surface area contributed by atoms with Crippen LogP contribution in [-0.4, -0.2) is 25.3 Å². The number of hydrogen-bond acceptors (Lipinski definition) is 2. The maximum Gasteiger partial charge on any atom is 0.0576 e. The van der Waals surface area contributed by atoms with Gasteiger partial charge in [-0.1, -0.05) is 39.0 Å². The molecule has 0 aromatic heterocycles. The molecule has 1 aliphatic carbocycles. The topological polar surface area (TPSA) is 21.3 Å². The SMILES string of the molecule is CCCNC1CCCCC(CCCC2CCCO2)C1. The molecule has 19 heavy (non-hydrogen) atoms. The van der Waals surface area contributed by atoms with Crippen molar-refractivity contribution in [2.45, 2.75) is 89.7 Å². The van der Waals surface area contributed by atoms with Crippen molar-refractivity contribution in [3.8, 4) is 0 Å². The van der Waals surface area contributed by atoms with E-state index in [9.17, 15) is 0 Å². The Morgan fingerprint density at radius 1 is 1.05 bits per heavy atom. The molecular weight excluding hydrogens is 234 g/mol. The van der Waals surface area contributed by atoms with E-state index in [1.807, 2.05) is 0 Å². The lowest BCUT2D eigenvalue weighted by molar-refractivity contribution is 0.100. The molecule has 2 rings (SSSR count). The average molecular weight is 267 g/mol. The summed E-state index contributed by atoms with van der Waals surface area (Å²) in [4.78, 5) is 0. The van der Waals surface area contributed by atoms with Crippen LogP contribution in [0.15, 0.2) is 0 Å². The average Bonchev–Trinajstić information content (AvgIpc) is 2.83. The van der Waals surface area contributed by atoms with Crippen LogP contribution >= 0.6 is 0 Å². The van der Waals surface area contributed by atoms with Gasteiger partial charge in [-0.2, -0.15) is 0 Å². The van der Waals surface area contributed by atoms with Gasteiger partial charge in [0.15, 0.2) is 0 Å². The fourth-order valence-corrected chi connectivity index (χ4v) is 3.76. The molecule has 1 saturated carbocycles. The van der Waals surface area contributed by atoms with Crippen molar-refractivity contribution in [1.82, 2.24) is 5.32 Å². The maximum atomic E-state index is 5.73. The molecule has 0 aromatic carbocycles. The Hall–Kier alpha value is -0.0800. The molecule has 1 saturated heterocycles. The Labute approximate surface area is 119 Å². The van der Waals surface area contributed by atoms with Crippen LogP contribution in [0.1, 0.15) is 77.6 Å². The first-order chi connectivity index (χ1) is 9.38. The number of hydrogen-bond donors (Lipinski definition) is 1. The Morgan fingerprint density at radius 3 is 2.74 bits per heavy atom. The van der Waals surface area contributed by atoms with Crippen molar-refractivity contribution in [2.75, 3.05) is 13.2 Å². The molecule has 2 fully saturated rings. The Bertz CT molecular complexity index is 225. The van der Waals surface area contributed by atoms with Gasteiger partial charge in [0.1, 0.15) is 0 Å². The van der Waals surface area contributed by atoms with Crippen LogP contribution < -0.4 is 5.32 Å². The molecule has 0 spiro atoms. The fourth-order valence-electron chi connectivity index (χ4n) is 3.76. The fraction of sp³-hybridized carbons (Fsp3) is 1.00. The highest BCUT2D eigenvalue weighted by Crippen LogP contribution is 2.28. The smallest absolute Gasteiger partial charge is 0.0576 e. The van der Waals surface area contributed by atoms with Crippen LogP contribution in [0.2, 0.25) is 0 Å². The van der Waals surface area contributed by atoms with E-state index in [1.54, 1.807) is 0 Å². The molecule has 3 atom stereocenters. The number of rotatable bonds is 7. The second kappa shape index (κ2) is 8.97. The lowest BCUT2D eigenvalue weighted by atomic mass is 9.91. The molecule has 0 bridgehead atoms. The Kier molecular flexibility index (Phi) is 7.23. The molecule has 0 aromatic rings. The molecule has 1 heterocycles. The molecule has 3 unspecified atom stereocenters. The van der Waals surface area contributed by atoms with Crippen molar-refractivity contribution in [1.29, 1.82) is 0 Å². The summed E-state index contributed by atoms with van der Waals surface area (Å²) in [6.07, 6.45) is 15.8. The van der Waals surface area contributed by atoms with Crippen molar-refractivity contribution in [2.24, 2.45) is 5.92 Å². The second-order valence-electron chi connectivity index (χ2n) is 6.60. The standard InChI is InChI=1S/C17H33NO/c1-2-12-18-16-9-4-3-7-15(14-16)8-5-10-17-11-6-13-19-17/h15-18H,2-14H2,1H3. The van der Waals surface area contributed by atoms with Gasteiger partial charge >= 0.3 is 0 Å². The summed E-state index contributed by atoms with van der Waals surface area (Å²) < 4.78 is 5.73. The highest BCUT2D eigenvalue weighted by molar-refractivity contribution is 4.77. The van der Waals surface area contributed by atoms with Crippen LogP contribution in [0.4, 0.5) is 0 Å². The highest BCUT2D eigenvalue weighted by Gasteiger charge is 2.20. The minimum atomic E-state index is 0.597. The molecule has 0 amide bonds. The third kappa shape index (κ3) is 5.83. The first kappa shape index (κ1) is 15.3. The molecule has 112 valence electrons. The molecule has 0 radical (unpaired) electrons. The van der Waals surface area contributed by atoms with Crippen molar-refractivity contribution < 1.29 is 4.74 Å². The molecule has 2 nitrogen and oxygen atoms in total. The summed E-state index contributed by atoms with van der Waals surface area (Å²) in [6.45, 7) is 4.48. The van der Waals surface area contributed by atoms with Gasteiger partial charge in [0.25, 0.3) is 0 Å². The van der Waals surface area contributed by atoms with Gasteiger partial charge in [0.2, 0.25) is 0 Å². The van der Waals surface area contributed by atoms with Crippen LogP contribution in [0.3, 0.4) is 0 Å². The van der Waals surface area contributed by atoms with E-state index in [1.165, 1.54) is 77.2 Å². The Balaban J connectivity index is 1.62. The van der Waals surface area contributed by atoms with Crippen LogP contribution in [0.25, 0.3) is 0 Å². The van der Waals surface area contributed by atoms with E-state index in [4.69, 9.17) is 4.74 Å². The lowest BCUT2D eigenvalue weighted by Gasteiger charge is -2.21.